The lowest BCUT2D eigenvalue weighted by Gasteiger charge is -2.42. The molecule has 1 spiro atoms. The Labute approximate surface area is 330 Å². The summed E-state index contributed by atoms with van der Waals surface area (Å²) in [6.07, 6.45) is 5.47. The number of amides is 3. The average Bonchev–Trinajstić information content (AvgIpc) is 3.60. The van der Waals surface area contributed by atoms with E-state index in [0.29, 0.717) is 29.2 Å². The largest absolute Gasteiger partial charge is 0.496 e. The number of aryl methyl sites for hydroxylation is 1. The van der Waals surface area contributed by atoms with Crippen molar-refractivity contribution in [1.82, 2.24) is 25.3 Å². The van der Waals surface area contributed by atoms with Crippen LogP contribution in [0.4, 0.5) is 4.79 Å². The molecule has 3 fully saturated rings. The highest BCUT2D eigenvalue weighted by Gasteiger charge is 2.43. The van der Waals surface area contributed by atoms with E-state index in [9.17, 15) is 14.4 Å². The topological polar surface area (TPSA) is 129 Å². The normalized spacial score (nSPS) is 22.1. The first-order valence-electron chi connectivity index (χ1n) is 19.7. The van der Waals surface area contributed by atoms with Crippen LogP contribution < -0.4 is 25.8 Å². The maximum atomic E-state index is 14.4. The number of halogens is 1. The van der Waals surface area contributed by atoms with Gasteiger partial charge in [0.05, 0.1) is 24.7 Å². The molecular weight excluding hydrogens is 716 g/mol. The summed E-state index contributed by atoms with van der Waals surface area (Å²) >= 11 is 6.53. The fourth-order valence-electron chi connectivity index (χ4n) is 8.46. The molecule has 0 bridgehead atoms. The first-order valence-corrected chi connectivity index (χ1v) is 20.1. The van der Waals surface area contributed by atoms with Crippen molar-refractivity contribution in [3.63, 3.8) is 0 Å². The number of rotatable bonds is 12. The van der Waals surface area contributed by atoms with Crippen LogP contribution in [-0.2, 0) is 29.2 Å². The van der Waals surface area contributed by atoms with Gasteiger partial charge in [-0.05, 0) is 98.7 Å². The highest BCUT2D eigenvalue weighted by Crippen LogP contribution is 2.44. The van der Waals surface area contributed by atoms with Crippen molar-refractivity contribution in [3.8, 4) is 11.5 Å². The van der Waals surface area contributed by atoms with E-state index in [1.165, 1.54) is 16.9 Å². The van der Waals surface area contributed by atoms with Crippen molar-refractivity contribution < 1.29 is 23.9 Å². The van der Waals surface area contributed by atoms with E-state index < -0.39 is 18.2 Å². The highest BCUT2D eigenvalue weighted by molar-refractivity contribution is 6.33. The van der Waals surface area contributed by atoms with Gasteiger partial charge >= 0.3 is 6.09 Å². The Hall–Kier alpha value is -4.16. The minimum absolute atomic E-state index is 0.0177. The number of carbonyl (C=O) groups excluding carboxylic acids is 3. The van der Waals surface area contributed by atoms with Crippen molar-refractivity contribution in [2.75, 3.05) is 39.8 Å². The minimum atomic E-state index is -0.922. The minimum Gasteiger partial charge on any atom is -0.496 e. The third-order valence-corrected chi connectivity index (χ3v) is 12.5. The molecule has 3 aliphatic rings. The molecule has 3 aromatic carbocycles. The number of likely N-dealkylation sites (tertiary alicyclic amines) is 1. The van der Waals surface area contributed by atoms with Gasteiger partial charge in [0.15, 0.2) is 5.75 Å². The molecule has 2 aliphatic heterocycles. The second kappa shape index (κ2) is 18.2. The van der Waals surface area contributed by atoms with E-state index in [2.05, 4.69) is 45.9 Å². The van der Waals surface area contributed by atoms with Gasteiger partial charge in [0.25, 0.3) is 0 Å². The molecule has 296 valence electrons. The molecule has 12 heteroatoms. The van der Waals surface area contributed by atoms with Crippen LogP contribution in [0, 0.1) is 19.3 Å². The Morgan fingerprint density at radius 1 is 0.964 bits per heavy atom. The third kappa shape index (κ3) is 9.63. The third-order valence-electron chi connectivity index (χ3n) is 12.0. The van der Waals surface area contributed by atoms with Crippen molar-refractivity contribution in [2.45, 2.75) is 97.1 Å². The van der Waals surface area contributed by atoms with Crippen LogP contribution in [0.15, 0.2) is 60.7 Å². The summed E-state index contributed by atoms with van der Waals surface area (Å²) in [6, 6.07) is 18.7. The highest BCUT2D eigenvalue weighted by atomic mass is 35.5. The molecule has 0 aromatic heterocycles. The summed E-state index contributed by atoms with van der Waals surface area (Å²) in [5.41, 5.74) is 11.0. The fourth-order valence-corrected chi connectivity index (χ4v) is 8.71. The van der Waals surface area contributed by atoms with E-state index in [4.69, 9.17) is 26.8 Å². The van der Waals surface area contributed by atoms with Crippen molar-refractivity contribution in [3.05, 3.63) is 93.5 Å². The first kappa shape index (κ1) is 40.5. The van der Waals surface area contributed by atoms with Gasteiger partial charge in [0.1, 0.15) is 11.8 Å². The maximum absolute atomic E-state index is 14.4. The molecule has 1 aliphatic carbocycles. The smallest absolute Gasteiger partial charge is 0.415 e. The Morgan fingerprint density at radius 2 is 1.73 bits per heavy atom. The maximum Gasteiger partial charge on any atom is 0.415 e. The number of hydrogen-bond donors (Lipinski definition) is 3. The summed E-state index contributed by atoms with van der Waals surface area (Å²) < 4.78 is 11.2. The predicted octanol–water partition coefficient (Wildman–Crippen LogP) is 5.96. The Kier molecular flexibility index (Phi) is 13.4. The van der Waals surface area contributed by atoms with Crippen LogP contribution in [0.1, 0.15) is 73.3 Å². The molecule has 0 unspecified atom stereocenters. The second-order valence-electron chi connectivity index (χ2n) is 15.6. The average molecular weight is 773 g/mol. The Morgan fingerprint density at radius 3 is 2.44 bits per heavy atom. The van der Waals surface area contributed by atoms with Gasteiger partial charge in [-0.3, -0.25) is 14.5 Å². The van der Waals surface area contributed by atoms with Crippen LogP contribution in [0.2, 0.25) is 5.02 Å². The van der Waals surface area contributed by atoms with Crippen LogP contribution in [0.25, 0.3) is 0 Å². The number of benzene rings is 3. The molecule has 1 saturated carbocycles. The van der Waals surface area contributed by atoms with E-state index in [0.717, 1.165) is 67.6 Å². The lowest BCUT2D eigenvalue weighted by Crippen LogP contribution is -2.64. The van der Waals surface area contributed by atoms with Gasteiger partial charge < -0.3 is 35.6 Å². The molecule has 11 nitrogen and oxygen atoms in total. The lowest BCUT2D eigenvalue weighted by atomic mass is 9.72. The zero-order chi connectivity index (χ0) is 39.1. The van der Waals surface area contributed by atoms with E-state index >= 15 is 0 Å². The number of piperazine rings is 1. The molecule has 0 radical (unpaired) electrons. The van der Waals surface area contributed by atoms with Gasteiger partial charge in [-0.25, -0.2) is 4.79 Å². The van der Waals surface area contributed by atoms with Gasteiger partial charge in [0.2, 0.25) is 11.8 Å². The van der Waals surface area contributed by atoms with Crippen molar-refractivity contribution >= 4 is 29.5 Å². The monoisotopic (exact) mass is 772 g/mol. The number of nitrogens with one attached hydrogen (secondary N) is 2. The number of carbonyl (C=O) groups is 3. The van der Waals surface area contributed by atoms with E-state index in [1.807, 2.05) is 45.0 Å². The zero-order valence-electron chi connectivity index (χ0n) is 32.7. The number of hydrogen-bond acceptors (Lipinski definition) is 8. The molecule has 6 rings (SSSR count). The van der Waals surface area contributed by atoms with Crippen LogP contribution in [0.5, 0.6) is 11.5 Å². The Balaban J connectivity index is 1.11. The summed E-state index contributed by atoms with van der Waals surface area (Å²) in [5.74, 6) is 0.422. The molecule has 2 atom stereocenters. The van der Waals surface area contributed by atoms with Crippen LogP contribution in [0.3, 0.4) is 0 Å². The standard InChI is InChI=1S/C43H57ClN6O5/c1-5-35(47-34-15-17-43(18-16-34)19-20-48(28-43)26-31-9-7-6-8-10-31)41(52)50-22-21-49(42(53)55-37-14-11-29(2)30(3)39(37)44)27-36(50)40(51)46-25-32-12-13-33(24-45)38(23-32)54-4/h6-14,23,34-36,47H,5,15-22,24-28,45H2,1-4H3,(H,46,51)/t34?,35-,36+,43?/m1/s1. The number of nitrogens with two attached hydrogens (primary N) is 1. The first-order chi connectivity index (χ1) is 26.5. The molecular formula is C43H57ClN6O5. The molecule has 2 saturated heterocycles. The molecule has 3 aromatic rings. The van der Waals surface area contributed by atoms with Gasteiger partial charge in [0, 0.05) is 50.9 Å². The predicted molar refractivity (Wildman–Crippen MR) is 215 cm³/mol. The second-order valence-corrected chi connectivity index (χ2v) is 16.0. The SMILES string of the molecule is CC[C@@H](NC1CCC2(CC1)CCN(Cc1ccccc1)C2)C(=O)N1CCN(C(=O)Oc2ccc(C)c(C)c2Cl)C[C@H]1C(=O)NCc1ccc(CN)c(OC)c1. The number of ether oxygens (including phenoxy) is 2. The quantitative estimate of drug-likeness (QED) is 0.206. The van der Waals surface area contributed by atoms with Crippen LogP contribution >= 0.6 is 11.6 Å². The molecule has 2 heterocycles. The lowest BCUT2D eigenvalue weighted by molar-refractivity contribution is -0.145. The van der Waals surface area contributed by atoms with Crippen LogP contribution in [-0.4, -0.2) is 90.6 Å². The molecule has 4 N–H and O–H groups in total. The van der Waals surface area contributed by atoms with Crippen molar-refractivity contribution in [1.29, 1.82) is 0 Å². The van der Waals surface area contributed by atoms with Crippen molar-refractivity contribution in [2.24, 2.45) is 11.1 Å². The van der Waals surface area contributed by atoms with E-state index in [-0.39, 0.29) is 49.8 Å². The summed E-state index contributed by atoms with van der Waals surface area (Å²) in [6.45, 7) is 9.98. The summed E-state index contributed by atoms with van der Waals surface area (Å²) in [5, 5.41) is 7.09. The fraction of sp³-hybridized carbons (Fsp3) is 0.512. The Bertz CT molecular complexity index is 1820. The van der Waals surface area contributed by atoms with E-state index in [1.54, 1.807) is 18.1 Å². The molecule has 55 heavy (non-hydrogen) atoms. The molecule has 3 amide bonds. The summed E-state index contributed by atoms with van der Waals surface area (Å²) in [4.78, 5) is 47.6. The van der Waals surface area contributed by atoms with Gasteiger partial charge in [-0.1, -0.05) is 67.1 Å². The van der Waals surface area contributed by atoms with Gasteiger partial charge in [-0.15, -0.1) is 0 Å². The zero-order valence-corrected chi connectivity index (χ0v) is 33.5. The number of methoxy groups -OCH3 is 1. The summed E-state index contributed by atoms with van der Waals surface area (Å²) in [7, 11) is 1.58. The number of nitrogens with zero attached hydrogens (tertiary/aromatic N) is 3. The van der Waals surface area contributed by atoms with Gasteiger partial charge in [-0.2, -0.15) is 0 Å².